The smallest absolute Gasteiger partial charge is 0.202 e. The summed E-state index contributed by atoms with van der Waals surface area (Å²) >= 11 is 3.59. The largest absolute Gasteiger partial charge is 0.400 e. The highest BCUT2D eigenvalue weighted by Gasteiger charge is 1.58. The number of hydrogen-bond acceptors (Lipinski definition) is 4. The number of thiocarbonyl (C=S) groups is 1. The van der Waals surface area contributed by atoms with Gasteiger partial charge in [-0.15, -0.1) is 0 Å². The standard InChI is InChI=1S/C3H9N.COS.CH4O/c1-4(2)3;2-1-3;1-2/h1-3H3;;2H,1H3. The topological polar surface area (TPSA) is 40.5 Å². The predicted octanol–water partition coefficient (Wildman–Crippen LogP) is 0.0374. The molecule has 0 aliphatic rings. The Balaban J connectivity index is -0.0000000646. The SMILES string of the molecule is CN(C)C.CO.O=C=S. The Morgan fingerprint density at radius 3 is 1.33 bits per heavy atom. The van der Waals surface area contributed by atoms with E-state index < -0.39 is 0 Å². The lowest BCUT2D eigenvalue weighted by molar-refractivity contribution is 0.399. The lowest BCUT2D eigenvalue weighted by atomic mass is 11.0. The minimum atomic E-state index is 1.00. The van der Waals surface area contributed by atoms with Crippen molar-refractivity contribution in [3.05, 3.63) is 0 Å². The lowest BCUT2D eigenvalue weighted by Crippen LogP contribution is -1.99. The third kappa shape index (κ3) is 3220. The molecule has 0 saturated carbocycles. The summed E-state index contributed by atoms with van der Waals surface area (Å²) in [6.45, 7) is 0. The van der Waals surface area contributed by atoms with E-state index in [4.69, 9.17) is 9.90 Å². The summed E-state index contributed by atoms with van der Waals surface area (Å²) in [5.41, 5.74) is 0. The van der Waals surface area contributed by atoms with Gasteiger partial charge in [-0.05, 0) is 21.1 Å². The highest BCUT2D eigenvalue weighted by molar-refractivity contribution is 7.78. The third-order valence-electron chi connectivity index (χ3n) is 0. The number of rotatable bonds is 0. The van der Waals surface area contributed by atoms with E-state index in [0.717, 1.165) is 12.3 Å². The van der Waals surface area contributed by atoms with Crippen molar-refractivity contribution in [2.24, 2.45) is 0 Å². The van der Waals surface area contributed by atoms with Crippen LogP contribution in [0.25, 0.3) is 0 Å². The van der Waals surface area contributed by atoms with Gasteiger partial charge < -0.3 is 10.0 Å². The lowest BCUT2D eigenvalue weighted by Gasteiger charge is -1.90. The van der Waals surface area contributed by atoms with E-state index in [9.17, 15) is 0 Å². The maximum Gasteiger partial charge on any atom is 0.202 e. The van der Waals surface area contributed by atoms with Crippen LogP contribution in [0.2, 0.25) is 0 Å². The molecule has 0 aliphatic carbocycles. The molecule has 0 amide bonds. The fraction of sp³-hybridized carbons (Fsp3) is 0.800. The van der Waals surface area contributed by atoms with E-state index in [1.54, 1.807) is 0 Å². The molecule has 0 aromatic rings. The Morgan fingerprint density at radius 2 is 1.33 bits per heavy atom. The maximum atomic E-state index is 8.50. The molecule has 1 N–H and O–H groups in total. The van der Waals surface area contributed by atoms with Gasteiger partial charge in [0.05, 0.1) is 0 Å². The van der Waals surface area contributed by atoms with E-state index in [2.05, 4.69) is 12.2 Å². The summed E-state index contributed by atoms with van der Waals surface area (Å²) in [6.07, 6.45) is 0. The van der Waals surface area contributed by atoms with Crippen molar-refractivity contribution < 1.29 is 9.90 Å². The van der Waals surface area contributed by atoms with Gasteiger partial charge in [-0.1, -0.05) is 0 Å². The van der Waals surface area contributed by atoms with Crippen LogP contribution in [0.4, 0.5) is 0 Å². The number of aliphatic hydroxyl groups is 1. The average molecular weight is 151 g/mol. The molecule has 0 aromatic heterocycles. The molecule has 0 unspecified atom stereocenters. The molecule has 0 bridgehead atoms. The zero-order valence-electron chi connectivity index (χ0n) is 6.21. The van der Waals surface area contributed by atoms with E-state index in [-0.39, 0.29) is 0 Å². The predicted molar refractivity (Wildman–Crippen MR) is 41.0 cm³/mol. The molecule has 0 aromatic carbocycles. The molecule has 0 heterocycles. The van der Waals surface area contributed by atoms with Crippen molar-refractivity contribution in [2.75, 3.05) is 28.3 Å². The van der Waals surface area contributed by atoms with Crippen molar-refractivity contribution in [3.63, 3.8) is 0 Å². The minimum Gasteiger partial charge on any atom is -0.400 e. The van der Waals surface area contributed by atoms with Gasteiger partial charge in [0.2, 0.25) is 5.23 Å². The molecule has 0 radical (unpaired) electrons. The van der Waals surface area contributed by atoms with Crippen LogP contribution in [-0.4, -0.2) is 43.5 Å². The van der Waals surface area contributed by atoms with Crippen LogP contribution in [0.5, 0.6) is 0 Å². The van der Waals surface area contributed by atoms with Gasteiger partial charge in [0, 0.05) is 19.3 Å². The highest BCUT2D eigenvalue weighted by Crippen LogP contribution is 1.47. The zero-order chi connectivity index (χ0) is 8.28. The van der Waals surface area contributed by atoms with Crippen LogP contribution >= 0.6 is 12.2 Å². The third-order valence-corrected chi connectivity index (χ3v) is 0. The summed E-state index contributed by atoms with van der Waals surface area (Å²) in [6, 6.07) is 0. The van der Waals surface area contributed by atoms with Crippen LogP contribution in [0.15, 0.2) is 0 Å². The Hall–Kier alpha value is -0.280. The fourth-order valence-electron chi connectivity index (χ4n) is 0. The monoisotopic (exact) mass is 151 g/mol. The Bertz CT molecular complexity index is 57.2. The fourth-order valence-corrected chi connectivity index (χ4v) is 0. The van der Waals surface area contributed by atoms with E-state index >= 15 is 0 Å². The van der Waals surface area contributed by atoms with E-state index in [1.807, 2.05) is 26.0 Å². The summed E-state index contributed by atoms with van der Waals surface area (Å²) in [5.74, 6) is 0. The first-order valence-corrected chi connectivity index (χ1v) is 2.61. The molecule has 0 saturated heterocycles. The van der Waals surface area contributed by atoms with Gasteiger partial charge in [-0.2, -0.15) is 0 Å². The van der Waals surface area contributed by atoms with Crippen molar-refractivity contribution in [1.82, 2.24) is 4.90 Å². The Morgan fingerprint density at radius 1 is 1.33 bits per heavy atom. The average Bonchev–Trinajstić information content (AvgIpc) is 1.71. The molecule has 0 rings (SSSR count). The molecule has 3 nitrogen and oxygen atoms in total. The summed E-state index contributed by atoms with van der Waals surface area (Å²) < 4.78 is 0. The van der Waals surface area contributed by atoms with Gasteiger partial charge in [-0.25, -0.2) is 4.79 Å². The molecule has 0 atom stereocenters. The zero-order valence-corrected chi connectivity index (χ0v) is 7.03. The second-order valence-electron chi connectivity index (χ2n) is 1.42. The molecule has 56 valence electrons. The summed E-state index contributed by atoms with van der Waals surface area (Å²) in [4.78, 5) is 10.5. The van der Waals surface area contributed by atoms with Crippen LogP contribution in [-0.2, 0) is 4.79 Å². The van der Waals surface area contributed by atoms with Crippen LogP contribution in [0.1, 0.15) is 0 Å². The van der Waals surface area contributed by atoms with Gasteiger partial charge in [0.15, 0.2) is 0 Å². The van der Waals surface area contributed by atoms with E-state index in [0.29, 0.717) is 0 Å². The second kappa shape index (κ2) is 25.2. The summed E-state index contributed by atoms with van der Waals surface area (Å²) in [7, 11) is 7.00. The molecule has 9 heavy (non-hydrogen) atoms. The van der Waals surface area contributed by atoms with Crippen LogP contribution in [0.3, 0.4) is 0 Å². The number of hydrogen-bond donors (Lipinski definition) is 1. The summed E-state index contributed by atoms with van der Waals surface area (Å²) in [5, 5.41) is 8.08. The van der Waals surface area contributed by atoms with Gasteiger partial charge in [0.25, 0.3) is 0 Å². The molecule has 0 fully saturated rings. The maximum absolute atomic E-state index is 8.50. The first-order chi connectivity index (χ1) is 4.15. The molecule has 4 heteroatoms. The number of carbonyl (C=O) groups excluding carboxylic acids is 1. The van der Waals surface area contributed by atoms with Gasteiger partial charge >= 0.3 is 0 Å². The van der Waals surface area contributed by atoms with Gasteiger partial charge in [0.1, 0.15) is 0 Å². The first-order valence-electron chi connectivity index (χ1n) is 2.20. The second-order valence-corrected chi connectivity index (χ2v) is 1.59. The quantitative estimate of drug-likeness (QED) is 0.496. The van der Waals surface area contributed by atoms with Crippen molar-refractivity contribution in [3.8, 4) is 0 Å². The van der Waals surface area contributed by atoms with Crippen molar-refractivity contribution in [2.45, 2.75) is 0 Å². The van der Waals surface area contributed by atoms with Crippen molar-refractivity contribution in [1.29, 1.82) is 0 Å². The Kier molecular flexibility index (Phi) is 44.5. The van der Waals surface area contributed by atoms with Crippen LogP contribution in [0, 0.1) is 0 Å². The number of nitrogens with zero attached hydrogens (tertiary/aromatic N) is 1. The Labute approximate surface area is 61.3 Å². The molecule has 0 aliphatic heterocycles. The molecular weight excluding hydrogens is 138 g/mol. The van der Waals surface area contributed by atoms with Gasteiger partial charge in [-0.3, -0.25) is 0 Å². The highest BCUT2D eigenvalue weighted by atomic mass is 32.1. The normalized spacial score (nSPS) is 5.56. The first kappa shape index (κ1) is 15.9. The molecular formula is C5H13NO2S. The molecule has 0 spiro atoms. The minimum absolute atomic E-state index is 1.00. The van der Waals surface area contributed by atoms with Crippen LogP contribution < -0.4 is 0 Å². The van der Waals surface area contributed by atoms with E-state index in [1.165, 1.54) is 0 Å². The number of aliphatic hydroxyl groups excluding tert-OH is 1. The van der Waals surface area contributed by atoms with Crippen molar-refractivity contribution >= 4 is 17.5 Å².